The Labute approximate surface area is 119 Å². The predicted molar refractivity (Wildman–Crippen MR) is 77.9 cm³/mol. The maximum Gasteiger partial charge on any atom is 0.103 e. The van der Waals surface area contributed by atoms with Gasteiger partial charge in [-0.15, -0.1) is 0 Å². The van der Waals surface area contributed by atoms with Crippen molar-refractivity contribution in [1.29, 1.82) is 5.26 Å². The zero-order chi connectivity index (χ0) is 13.1. The molecule has 0 bridgehead atoms. The average Bonchev–Trinajstić information content (AvgIpc) is 2.35. The number of aromatic nitrogens is 1. The number of anilines is 1. The van der Waals surface area contributed by atoms with Gasteiger partial charge in [-0.25, -0.2) is 0 Å². The number of halogens is 2. The third-order valence-corrected chi connectivity index (χ3v) is 3.38. The molecule has 0 saturated heterocycles. The minimum Gasteiger partial charge on any atom is -0.383 e. The molecule has 1 aromatic heterocycles. The van der Waals surface area contributed by atoms with Gasteiger partial charge in [-0.2, -0.15) is 5.26 Å². The summed E-state index contributed by atoms with van der Waals surface area (Å²) in [6, 6.07) is 5.78. The zero-order valence-electron chi connectivity index (χ0n) is 9.80. The molecule has 0 atom stereocenters. The van der Waals surface area contributed by atoms with Crippen molar-refractivity contribution < 1.29 is 0 Å². The number of nitrogens with one attached hydrogen (secondary N) is 1. The van der Waals surface area contributed by atoms with E-state index in [-0.39, 0.29) is 0 Å². The Kier molecular flexibility index (Phi) is 4.05. The molecule has 1 aromatic carbocycles. The van der Waals surface area contributed by atoms with Crippen molar-refractivity contribution in [2.24, 2.45) is 0 Å². The smallest absolute Gasteiger partial charge is 0.103 e. The summed E-state index contributed by atoms with van der Waals surface area (Å²) in [5.74, 6) is 0. The molecule has 1 N–H and O–H groups in total. The summed E-state index contributed by atoms with van der Waals surface area (Å²) < 4.78 is 0.828. The highest BCUT2D eigenvalue weighted by Gasteiger charge is 2.11. The molecule has 0 saturated carbocycles. The van der Waals surface area contributed by atoms with Gasteiger partial charge in [-0.3, -0.25) is 4.98 Å². The number of hydrogen-bond donors (Lipinski definition) is 1. The van der Waals surface area contributed by atoms with E-state index in [2.05, 4.69) is 39.2 Å². The molecular weight excluding hydrogens is 314 g/mol. The lowest BCUT2D eigenvalue weighted by Crippen LogP contribution is -2.03. The second-order valence-corrected chi connectivity index (χ2v) is 5.16. The molecule has 2 aromatic rings. The molecule has 1 heterocycles. The van der Waals surface area contributed by atoms with Crippen molar-refractivity contribution in [2.45, 2.75) is 13.3 Å². The maximum absolute atomic E-state index is 9.14. The number of benzene rings is 1. The van der Waals surface area contributed by atoms with Gasteiger partial charge in [0.1, 0.15) is 6.07 Å². The Morgan fingerprint density at radius 3 is 2.94 bits per heavy atom. The lowest BCUT2D eigenvalue weighted by Gasteiger charge is -2.11. The van der Waals surface area contributed by atoms with Crippen molar-refractivity contribution in [3.63, 3.8) is 0 Å². The normalized spacial score (nSPS) is 10.3. The first-order chi connectivity index (χ1) is 8.67. The number of nitriles is 1. The summed E-state index contributed by atoms with van der Waals surface area (Å²) in [4.78, 5) is 4.29. The number of fused-ring (bicyclic) bond motifs is 1. The van der Waals surface area contributed by atoms with Gasteiger partial charge >= 0.3 is 0 Å². The molecule has 92 valence electrons. The van der Waals surface area contributed by atoms with Gasteiger partial charge in [0.05, 0.1) is 16.8 Å². The van der Waals surface area contributed by atoms with Gasteiger partial charge in [0, 0.05) is 27.6 Å². The lowest BCUT2D eigenvalue weighted by molar-refractivity contribution is 0.980. The quantitative estimate of drug-likeness (QED) is 0.913. The highest BCUT2D eigenvalue weighted by molar-refractivity contribution is 9.10. The van der Waals surface area contributed by atoms with Crippen LogP contribution in [0.5, 0.6) is 0 Å². The number of nitrogens with zero attached hydrogens (tertiary/aromatic N) is 2. The second kappa shape index (κ2) is 5.55. The fourth-order valence-electron chi connectivity index (χ4n) is 1.75. The van der Waals surface area contributed by atoms with Crippen molar-refractivity contribution in [1.82, 2.24) is 4.98 Å². The van der Waals surface area contributed by atoms with Crippen LogP contribution in [0, 0.1) is 11.3 Å². The van der Waals surface area contributed by atoms with E-state index in [1.807, 2.05) is 6.07 Å². The third-order valence-electron chi connectivity index (χ3n) is 2.56. The summed E-state index contributed by atoms with van der Waals surface area (Å²) in [6.07, 6.45) is 2.56. The van der Waals surface area contributed by atoms with E-state index in [1.165, 1.54) is 0 Å². The summed E-state index contributed by atoms with van der Waals surface area (Å²) in [5.41, 5.74) is 2.13. The summed E-state index contributed by atoms with van der Waals surface area (Å²) in [7, 11) is 0. The highest BCUT2D eigenvalue weighted by atomic mass is 79.9. The molecule has 0 amide bonds. The van der Waals surface area contributed by atoms with Crippen LogP contribution in [-0.4, -0.2) is 11.5 Å². The van der Waals surface area contributed by atoms with E-state index in [4.69, 9.17) is 16.9 Å². The first-order valence-corrected chi connectivity index (χ1v) is 6.76. The molecule has 5 heteroatoms. The molecule has 0 radical (unpaired) electrons. The predicted octanol–water partition coefficient (Wildman–Crippen LogP) is 4.34. The standard InChI is InChI=1S/C13H11BrClN3/c1-2-3-17-12-8(6-16)7-18-13-10(12)4-9(15)5-11(13)14/h4-5,7H,2-3H2,1H3,(H,17,18). The first kappa shape index (κ1) is 13.1. The van der Waals surface area contributed by atoms with Gasteiger partial charge in [0.25, 0.3) is 0 Å². The molecule has 0 aliphatic rings. The Hall–Kier alpha value is -1.31. The van der Waals surface area contributed by atoms with Crippen LogP contribution in [0.25, 0.3) is 10.9 Å². The SMILES string of the molecule is CCCNc1c(C#N)cnc2c(Br)cc(Cl)cc12. The van der Waals surface area contributed by atoms with E-state index in [0.29, 0.717) is 10.6 Å². The largest absolute Gasteiger partial charge is 0.383 e. The number of rotatable bonds is 3. The molecular formula is C13H11BrClN3. The summed E-state index contributed by atoms with van der Waals surface area (Å²) in [5, 5.41) is 13.9. The van der Waals surface area contributed by atoms with Crippen LogP contribution >= 0.6 is 27.5 Å². The molecule has 0 fully saturated rings. The van der Waals surface area contributed by atoms with Crippen LogP contribution in [0.2, 0.25) is 5.02 Å². The van der Waals surface area contributed by atoms with Gasteiger partial charge in [0.15, 0.2) is 0 Å². The molecule has 3 nitrogen and oxygen atoms in total. The fraction of sp³-hybridized carbons (Fsp3) is 0.231. The Morgan fingerprint density at radius 1 is 1.50 bits per heavy atom. The average molecular weight is 325 g/mol. The third kappa shape index (κ3) is 2.43. The zero-order valence-corrected chi connectivity index (χ0v) is 12.1. The second-order valence-electron chi connectivity index (χ2n) is 3.87. The van der Waals surface area contributed by atoms with Gasteiger partial charge in [-0.1, -0.05) is 18.5 Å². The lowest BCUT2D eigenvalue weighted by atomic mass is 10.1. The molecule has 0 aliphatic heterocycles. The van der Waals surface area contributed by atoms with E-state index >= 15 is 0 Å². The molecule has 0 unspecified atom stereocenters. The van der Waals surface area contributed by atoms with E-state index < -0.39 is 0 Å². The topological polar surface area (TPSA) is 48.7 Å². The Morgan fingerprint density at radius 2 is 2.28 bits per heavy atom. The Balaban J connectivity index is 2.72. The minimum atomic E-state index is 0.533. The van der Waals surface area contributed by atoms with Gasteiger partial charge in [-0.05, 0) is 34.5 Å². The first-order valence-electron chi connectivity index (χ1n) is 5.59. The van der Waals surface area contributed by atoms with Crippen molar-refractivity contribution in [3.05, 3.63) is 33.4 Å². The van der Waals surface area contributed by atoms with Crippen LogP contribution in [-0.2, 0) is 0 Å². The van der Waals surface area contributed by atoms with Crippen molar-refractivity contribution >= 4 is 44.1 Å². The van der Waals surface area contributed by atoms with Gasteiger partial charge < -0.3 is 5.32 Å². The van der Waals surface area contributed by atoms with E-state index in [0.717, 1.165) is 34.0 Å². The van der Waals surface area contributed by atoms with Crippen LogP contribution in [0.1, 0.15) is 18.9 Å². The van der Waals surface area contributed by atoms with Crippen molar-refractivity contribution in [3.8, 4) is 6.07 Å². The minimum absolute atomic E-state index is 0.533. The maximum atomic E-state index is 9.14. The summed E-state index contributed by atoms with van der Waals surface area (Å²) in [6.45, 7) is 2.88. The molecule has 0 spiro atoms. The number of hydrogen-bond acceptors (Lipinski definition) is 3. The van der Waals surface area contributed by atoms with E-state index in [1.54, 1.807) is 12.3 Å². The van der Waals surface area contributed by atoms with Crippen LogP contribution < -0.4 is 5.32 Å². The monoisotopic (exact) mass is 323 g/mol. The van der Waals surface area contributed by atoms with Crippen LogP contribution in [0.4, 0.5) is 5.69 Å². The van der Waals surface area contributed by atoms with E-state index in [9.17, 15) is 0 Å². The highest BCUT2D eigenvalue weighted by Crippen LogP contribution is 2.33. The molecule has 2 rings (SSSR count). The van der Waals surface area contributed by atoms with Crippen LogP contribution in [0.3, 0.4) is 0 Å². The molecule has 0 aliphatic carbocycles. The van der Waals surface area contributed by atoms with Crippen LogP contribution in [0.15, 0.2) is 22.8 Å². The van der Waals surface area contributed by atoms with Gasteiger partial charge in [0.2, 0.25) is 0 Å². The molecule has 18 heavy (non-hydrogen) atoms. The number of pyridine rings is 1. The Bertz CT molecular complexity index is 634. The fourth-order valence-corrected chi connectivity index (χ4v) is 2.66. The summed E-state index contributed by atoms with van der Waals surface area (Å²) >= 11 is 9.50. The van der Waals surface area contributed by atoms with Crippen molar-refractivity contribution in [2.75, 3.05) is 11.9 Å².